The Kier molecular flexibility index (Phi) is 8.40. The van der Waals surface area contributed by atoms with E-state index in [4.69, 9.17) is 0 Å². The Morgan fingerprint density at radius 3 is 2.45 bits per heavy atom. The van der Waals surface area contributed by atoms with Crippen molar-refractivity contribution in [2.45, 2.75) is 48.6 Å². The molecule has 0 spiro atoms. The third kappa shape index (κ3) is 7.05. The number of hydrogen-bond donors (Lipinski definition) is 1. The van der Waals surface area contributed by atoms with E-state index in [0.29, 0.717) is 0 Å². The molecule has 4 rings (SSSR count). The summed E-state index contributed by atoms with van der Waals surface area (Å²) in [7, 11) is 0. The molecule has 1 N–H and O–H groups in total. The summed E-state index contributed by atoms with van der Waals surface area (Å²) in [4.78, 5) is 16.1. The number of aryl methyl sites for hydroxylation is 1. The predicted molar refractivity (Wildman–Crippen MR) is 138 cm³/mol. The molecule has 5 nitrogen and oxygen atoms in total. The summed E-state index contributed by atoms with van der Waals surface area (Å²) in [5.41, 5.74) is 1.31. The number of nitrogens with zero attached hydrogens (tertiary/aromatic N) is 3. The van der Waals surface area contributed by atoms with Gasteiger partial charge >= 0.3 is 0 Å². The average molecular weight is 526 g/mol. The molecule has 1 aliphatic rings. The minimum absolute atomic E-state index is 0.0700. The maximum atomic E-state index is 12.7. The fourth-order valence-electron chi connectivity index (χ4n) is 3.99. The van der Waals surface area contributed by atoms with E-state index >= 15 is 0 Å². The van der Waals surface area contributed by atoms with Crippen molar-refractivity contribution in [3.63, 3.8) is 0 Å². The van der Waals surface area contributed by atoms with E-state index in [1.807, 2.05) is 30.3 Å². The lowest BCUT2D eigenvalue weighted by molar-refractivity contribution is -0.126. The quantitative estimate of drug-likeness (QED) is 0.406. The van der Waals surface area contributed by atoms with Gasteiger partial charge in [0.25, 0.3) is 0 Å². The molecule has 1 atom stereocenters. The minimum atomic E-state index is 0.0700. The number of benzene rings is 2. The third-order valence-electron chi connectivity index (χ3n) is 5.95. The number of nitrogens with one attached hydrogen (secondary N) is 1. The zero-order valence-corrected chi connectivity index (χ0v) is 21.2. The zero-order chi connectivity index (χ0) is 23.0. The molecule has 2 heterocycles. The molecule has 7 heteroatoms. The first-order chi connectivity index (χ1) is 16.1. The lowest BCUT2D eigenvalue weighted by Crippen LogP contribution is -2.43. The van der Waals surface area contributed by atoms with E-state index in [1.54, 1.807) is 11.8 Å². The van der Waals surface area contributed by atoms with Crippen LogP contribution in [0.25, 0.3) is 0 Å². The summed E-state index contributed by atoms with van der Waals surface area (Å²) in [6, 6.07) is 22.8. The molecule has 33 heavy (non-hydrogen) atoms. The largest absolute Gasteiger partial charge is 0.355 e. The third-order valence-corrected chi connectivity index (χ3v) is 7.41. The second-order valence-corrected chi connectivity index (χ2v) is 10.5. The van der Waals surface area contributed by atoms with Crippen molar-refractivity contribution in [3.8, 4) is 0 Å². The topological polar surface area (TPSA) is 58.1 Å². The first-order valence-electron chi connectivity index (χ1n) is 11.4. The molecular formula is C26H29BrN4OS. The first-order valence-corrected chi connectivity index (χ1v) is 13.0. The normalized spacial score (nSPS) is 15.3. The number of rotatable bonds is 8. The predicted octanol–water partition coefficient (Wildman–Crippen LogP) is 5.74. The summed E-state index contributed by atoms with van der Waals surface area (Å²) in [6.45, 7) is 3.74. The number of piperidine rings is 1. The van der Waals surface area contributed by atoms with E-state index in [2.05, 4.69) is 79.7 Å². The van der Waals surface area contributed by atoms with Crippen LogP contribution in [0, 0.1) is 5.92 Å². The van der Waals surface area contributed by atoms with E-state index in [9.17, 15) is 4.79 Å². The second kappa shape index (κ2) is 11.7. The van der Waals surface area contributed by atoms with E-state index in [1.165, 1.54) is 5.56 Å². The standard InChI is InChI=1S/C26H29BrN4OS/c1-19(7-8-20-5-3-2-4-6-20)28-26(32)21-15-17-31(18-16-21)24-13-14-25(30-29-24)33-23-11-9-22(27)10-12-23/h2-6,9-14,19,21H,7-8,15-18H2,1H3,(H,28,32)/t19-/m1/s1. The maximum absolute atomic E-state index is 12.7. The van der Waals surface area contributed by atoms with Crippen molar-refractivity contribution in [1.29, 1.82) is 0 Å². The van der Waals surface area contributed by atoms with Crippen LogP contribution < -0.4 is 10.2 Å². The van der Waals surface area contributed by atoms with Crippen LogP contribution in [0.15, 0.2) is 81.1 Å². The molecule has 0 saturated carbocycles. The Morgan fingerprint density at radius 1 is 1.06 bits per heavy atom. The molecule has 1 saturated heterocycles. The van der Waals surface area contributed by atoms with Gasteiger partial charge in [0.2, 0.25) is 5.91 Å². The van der Waals surface area contributed by atoms with Gasteiger partial charge in [-0.2, -0.15) is 0 Å². The number of anilines is 1. The summed E-state index contributed by atoms with van der Waals surface area (Å²) < 4.78 is 1.06. The first kappa shape index (κ1) is 23.8. The van der Waals surface area contributed by atoms with Crippen LogP contribution >= 0.6 is 27.7 Å². The fraction of sp³-hybridized carbons (Fsp3) is 0.346. The van der Waals surface area contributed by atoms with Crippen LogP contribution in [0.1, 0.15) is 31.7 Å². The summed E-state index contributed by atoms with van der Waals surface area (Å²) in [5, 5.41) is 12.9. The zero-order valence-electron chi connectivity index (χ0n) is 18.8. The van der Waals surface area contributed by atoms with E-state index in [-0.39, 0.29) is 17.9 Å². The van der Waals surface area contributed by atoms with Crippen LogP contribution in [0.4, 0.5) is 5.82 Å². The number of aromatic nitrogens is 2. The molecule has 0 radical (unpaired) electrons. The minimum Gasteiger partial charge on any atom is -0.355 e. The Balaban J connectivity index is 1.21. The maximum Gasteiger partial charge on any atom is 0.223 e. The molecule has 1 aromatic heterocycles. The summed E-state index contributed by atoms with van der Waals surface area (Å²) in [5.74, 6) is 1.13. The fourth-order valence-corrected chi connectivity index (χ4v) is 4.99. The van der Waals surface area contributed by atoms with Crippen molar-refractivity contribution in [2.24, 2.45) is 5.92 Å². The van der Waals surface area contributed by atoms with Crippen molar-refractivity contribution >= 4 is 39.4 Å². The van der Waals surface area contributed by atoms with Crippen LogP contribution in [-0.2, 0) is 11.2 Å². The van der Waals surface area contributed by atoms with Crippen molar-refractivity contribution < 1.29 is 4.79 Å². The number of hydrogen-bond acceptors (Lipinski definition) is 5. The molecule has 1 fully saturated rings. The number of halogens is 1. The SMILES string of the molecule is C[C@H](CCc1ccccc1)NC(=O)C1CCN(c2ccc(Sc3ccc(Br)cc3)nn2)CC1. The average Bonchev–Trinajstić information content (AvgIpc) is 2.85. The van der Waals surface area contributed by atoms with Gasteiger partial charge in [0.15, 0.2) is 5.82 Å². The number of amides is 1. The molecule has 2 aromatic carbocycles. The van der Waals surface area contributed by atoms with E-state index in [0.717, 1.165) is 59.0 Å². The molecule has 0 unspecified atom stereocenters. The van der Waals surface area contributed by atoms with Gasteiger partial charge in [0.1, 0.15) is 5.03 Å². The highest BCUT2D eigenvalue weighted by atomic mass is 79.9. The smallest absolute Gasteiger partial charge is 0.223 e. The van der Waals surface area contributed by atoms with E-state index < -0.39 is 0 Å². The Bertz CT molecular complexity index is 1020. The van der Waals surface area contributed by atoms with Gasteiger partial charge in [0.05, 0.1) is 0 Å². The monoisotopic (exact) mass is 524 g/mol. The lowest BCUT2D eigenvalue weighted by Gasteiger charge is -2.32. The van der Waals surface area contributed by atoms with Crippen LogP contribution in [0.2, 0.25) is 0 Å². The Hall–Kier alpha value is -2.38. The molecule has 1 amide bonds. The number of carbonyl (C=O) groups excluding carboxylic acids is 1. The van der Waals surface area contributed by atoms with Crippen LogP contribution in [-0.4, -0.2) is 35.2 Å². The van der Waals surface area contributed by atoms with Gasteiger partial charge in [0, 0.05) is 34.4 Å². The van der Waals surface area contributed by atoms with Crippen molar-refractivity contribution in [2.75, 3.05) is 18.0 Å². The highest BCUT2D eigenvalue weighted by Gasteiger charge is 2.26. The Morgan fingerprint density at radius 2 is 1.79 bits per heavy atom. The summed E-state index contributed by atoms with van der Waals surface area (Å²) in [6.07, 6.45) is 3.62. The van der Waals surface area contributed by atoms with Gasteiger partial charge < -0.3 is 10.2 Å². The molecule has 3 aromatic rings. The van der Waals surface area contributed by atoms with Gasteiger partial charge in [-0.05, 0) is 74.6 Å². The highest BCUT2D eigenvalue weighted by Crippen LogP contribution is 2.28. The van der Waals surface area contributed by atoms with Crippen molar-refractivity contribution in [3.05, 3.63) is 76.8 Å². The Labute approximate surface area is 208 Å². The van der Waals surface area contributed by atoms with Gasteiger partial charge in [-0.15, -0.1) is 10.2 Å². The number of carbonyl (C=O) groups is 1. The molecule has 172 valence electrons. The molecular weight excluding hydrogens is 496 g/mol. The van der Waals surface area contributed by atoms with Crippen molar-refractivity contribution in [1.82, 2.24) is 15.5 Å². The van der Waals surface area contributed by atoms with Gasteiger partial charge in [-0.25, -0.2) is 0 Å². The van der Waals surface area contributed by atoms with Crippen LogP contribution in [0.3, 0.4) is 0 Å². The van der Waals surface area contributed by atoms with Gasteiger partial charge in [-0.1, -0.05) is 58.0 Å². The molecule has 0 bridgehead atoms. The lowest BCUT2D eigenvalue weighted by atomic mass is 9.95. The second-order valence-electron chi connectivity index (χ2n) is 8.48. The van der Waals surface area contributed by atoms with Gasteiger partial charge in [-0.3, -0.25) is 4.79 Å². The van der Waals surface area contributed by atoms with Crippen LogP contribution in [0.5, 0.6) is 0 Å². The highest BCUT2D eigenvalue weighted by molar-refractivity contribution is 9.10. The summed E-state index contributed by atoms with van der Waals surface area (Å²) >= 11 is 5.06. The molecule has 0 aliphatic carbocycles. The molecule has 1 aliphatic heterocycles.